The summed E-state index contributed by atoms with van der Waals surface area (Å²) in [5.41, 5.74) is 3.65. The number of nitrogens with zero attached hydrogens (tertiary/aromatic N) is 7. The van der Waals surface area contributed by atoms with Crippen LogP contribution in [0.5, 0.6) is 0 Å². The van der Waals surface area contributed by atoms with Crippen LogP contribution < -0.4 is 0 Å². The van der Waals surface area contributed by atoms with E-state index in [1.807, 2.05) is 41.1 Å². The van der Waals surface area contributed by atoms with Crippen molar-refractivity contribution >= 4 is 5.78 Å². The molecule has 0 fully saturated rings. The molecule has 9 nitrogen and oxygen atoms in total. The van der Waals surface area contributed by atoms with Gasteiger partial charge < -0.3 is 0 Å². The van der Waals surface area contributed by atoms with Gasteiger partial charge in [0, 0.05) is 36.7 Å². The van der Waals surface area contributed by atoms with E-state index < -0.39 is 0 Å². The maximum atomic E-state index is 12.4. The van der Waals surface area contributed by atoms with E-state index in [0.29, 0.717) is 24.5 Å². The fourth-order valence-corrected chi connectivity index (χ4v) is 3.52. The number of aromatic amines is 1. The lowest BCUT2D eigenvalue weighted by Gasteiger charge is -2.08. The smallest absolute Gasteiger partial charge is 0.217 e. The average molecular weight is 431 g/mol. The predicted octanol–water partition coefficient (Wildman–Crippen LogP) is 3.89. The molecule has 0 saturated heterocycles. The van der Waals surface area contributed by atoms with E-state index in [9.17, 15) is 4.79 Å². The summed E-state index contributed by atoms with van der Waals surface area (Å²) < 4.78 is 1.86. The maximum absolute atomic E-state index is 12.4. The van der Waals surface area contributed by atoms with E-state index in [-0.39, 0.29) is 5.78 Å². The standard InChI is InChI=1S/C23H26N8O/c1-3-5-8-19(32)23-25-20(31(28-23)14-4-2)15-16-9-11-17(12-10-16)21-18(7-6-13-24-21)22-26-29-30-27-22/h6-7,9-13H,3-5,8,14-15H2,1-2H3,(H,26,27,29,30). The van der Waals surface area contributed by atoms with E-state index in [1.165, 1.54) is 0 Å². The van der Waals surface area contributed by atoms with E-state index >= 15 is 0 Å². The normalized spacial score (nSPS) is 11.1. The molecule has 0 unspecified atom stereocenters. The highest BCUT2D eigenvalue weighted by atomic mass is 16.1. The van der Waals surface area contributed by atoms with Gasteiger partial charge >= 0.3 is 0 Å². The molecule has 4 rings (SSSR count). The molecule has 0 saturated carbocycles. The van der Waals surface area contributed by atoms with Crippen molar-refractivity contribution in [1.29, 1.82) is 0 Å². The molecule has 0 bridgehead atoms. The predicted molar refractivity (Wildman–Crippen MR) is 120 cm³/mol. The molecule has 1 N–H and O–H groups in total. The first-order chi connectivity index (χ1) is 15.7. The van der Waals surface area contributed by atoms with Crippen LogP contribution in [0.15, 0.2) is 42.6 Å². The fourth-order valence-electron chi connectivity index (χ4n) is 3.52. The molecule has 9 heteroatoms. The zero-order valence-electron chi connectivity index (χ0n) is 18.3. The Morgan fingerprint density at radius 3 is 2.66 bits per heavy atom. The zero-order chi connectivity index (χ0) is 22.3. The molecule has 0 spiro atoms. The van der Waals surface area contributed by atoms with Crippen molar-refractivity contribution in [2.45, 2.75) is 52.5 Å². The van der Waals surface area contributed by atoms with Crippen LogP contribution in [-0.4, -0.2) is 46.2 Å². The second-order valence-electron chi connectivity index (χ2n) is 7.61. The molecule has 0 aliphatic carbocycles. The van der Waals surface area contributed by atoms with Gasteiger partial charge in [-0.15, -0.1) is 15.3 Å². The summed E-state index contributed by atoms with van der Waals surface area (Å²) in [6.07, 6.45) is 5.61. The minimum Gasteiger partial charge on any atom is -0.291 e. The third-order valence-corrected chi connectivity index (χ3v) is 5.17. The lowest BCUT2D eigenvalue weighted by atomic mass is 10.0. The third-order valence-electron chi connectivity index (χ3n) is 5.17. The van der Waals surface area contributed by atoms with Gasteiger partial charge in [0.15, 0.2) is 0 Å². The Morgan fingerprint density at radius 2 is 1.94 bits per heavy atom. The van der Waals surface area contributed by atoms with Gasteiger partial charge in [-0.2, -0.15) is 5.21 Å². The number of ketones is 1. The van der Waals surface area contributed by atoms with Crippen LogP contribution in [0, 0.1) is 0 Å². The number of aromatic nitrogens is 8. The highest BCUT2D eigenvalue weighted by Gasteiger charge is 2.17. The Bertz CT molecular complexity index is 1170. The van der Waals surface area contributed by atoms with Crippen molar-refractivity contribution in [3.63, 3.8) is 0 Å². The molecular formula is C23H26N8O. The summed E-state index contributed by atoms with van der Waals surface area (Å²) in [5.74, 6) is 1.66. The largest absolute Gasteiger partial charge is 0.291 e. The zero-order valence-corrected chi connectivity index (χ0v) is 18.3. The summed E-state index contributed by atoms with van der Waals surface area (Å²) in [6, 6.07) is 11.9. The van der Waals surface area contributed by atoms with Crippen molar-refractivity contribution in [1.82, 2.24) is 40.4 Å². The molecule has 164 valence electrons. The average Bonchev–Trinajstić information content (AvgIpc) is 3.49. The van der Waals surface area contributed by atoms with Crippen molar-refractivity contribution in [2.75, 3.05) is 0 Å². The minimum atomic E-state index is 0.0162. The summed E-state index contributed by atoms with van der Waals surface area (Å²) in [5, 5.41) is 18.8. The van der Waals surface area contributed by atoms with Gasteiger partial charge in [-0.05, 0) is 35.8 Å². The second-order valence-corrected chi connectivity index (χ2v) is 7.61. The van der Waals surface area contributed by atoms with Crippen LogP contribution in [0.2, 0.25) is 0 Å². The number of H-pyrrole nitrogens is 1. The van der Waals surface area contributed by atoms with Crippen molar-refractivity contribution in [3.8, 4) is 22.6 Å². The number of hydrogen-bond acceptors (Lipinski definition) is 7. The Hall–Kier alpha value is -3.75. The van der Waals surface area contributed by atoms with E-state index in [1.54, 1.807) is 6.20 Å². The number of nitrogens with one attached hydrogen (secondary N) is 1. The third kappa shape index (κ3) is 4.77. The number of carbonyl (C=O) groups excluding carboxylic acids is 1. The van der Waals surface area contributed by atoms with Crippen molar-refractivity contribution in [2.24, 2.45) is 0 Å². The molecule has 4 aromatic rings. The topological polar surface area (TPSA) is 115 Å². The second kappa shape index (κ2) is 10.0. The molecule has 1 aromatic carbocycles. The fraction of sp³-hybridized carbons (Fsp3) is 0.348. The summed E-state index contributed by atoms with van der Waals surface area (Å²) in [4.78, 5) is 21.5. The van der Waals surface area contributed by atoms with Crippen LogP contribution in [0.3, 0.4) is 0 Å². The summed E-state index contributed by atoms with van der Waals surface area (Å²) >= 11 is 0. The molecule has 0 aliphatic rings. The van der Waals surface area contributed by atoms with Crippen LogP contribution >= 0.6 is 0 Å². The quantitative estimate of drug-likeness (QED) is 0.379. The number of tetrazole rings is 1. The van der Waals surface area contributed by atoms with Crippen LogP contribution in [0.25, 0.3) is 22.6 Å². The van der Waals surface area contributed by atoms with Gasteiger partial charge in [-0.25, -0.2) is 9.67 Å². The van der Waals surface area contributed by atoms with Crippen molar-refractivity contribution < 1.29 is 4.79 Å². The van der Waals surface area contributed by atoms with Crippen molar-refractivity contribution in [3.05, 3.63) is 59.8 Å². The molecule has 3 aromatic heterocycles. The number of hydrogen-bond donors (Lipinski definition) is 1. The Kier molecular flexibility index (Phi) is 6.74. The molecule has 32 heavy (non-hydrogen) atoms. The van der Waals surface area contributed by atoms with Gasteiger partial charge in [0.05, 0.1) is 5.69 Å². The number of rotatable bonds is 10. The van der Waals surface area contributed by atoms with E-state index in [4.69, 9.17) is 0 Å². The molecule has 0 amide bonds. The first-order valence-corrected chi connectivity index (χ1v) is 10.9. The number of Topliss-reactive ketones (excluding diaryl/α,β-unsaturated/α-hetero) is 1. The molecular weight excluding hydrogens is 404 g/mol. The van der Waals surface area contributed by atoms with E-state index in [0.717, 1.165) is 54.0 Å². The SMILES string of the molecule is CCCCC(=O)c1nc(Cc2ccc(-c3ncccc3-c3nn[nH]n3)cc2)n(CCC)n1. The van der Waals surface area contributed by atoms with Crippen LogP contribution in [0.1, 0.15) is 61.5 Å². The first kappa shape index (κ1) is 21.5. The summed E-state index contributed by atoms with van der Waals surface area (Å²) in [6.45, 7) is 4.90. The molecule has 0 aliphatic heterocycles. The van der Waals surface area contributed by atoms with E-state index in [2.05, 4.69) is 49.5 Å². The van der Waals surface area contributed by atoms with Gasteiger partial charge in [0.2, 0.25) is 17.4 Å². The number of pyridine rings is 1. The van der Waals surface area contributed by atoms with Crippen LogP contribution in [-0.2, 0) is 13.0 Å². The molecule has 3 heterocycles. The Morgan fingerprint density at radius 1 is 1.09 bits per heavy atom. The lowest BCUT2D eigenvalue weighted by Crippen LogP contribution is -2.06. The molecule has 0 radical (unpaired) electrons. The Labute approximate surface area is 186 Å². The highest BCUT2D eigenvalue weighted by Crippen LogP contribution is 2.27. The highest BCUT2D eigenvalue weighted by molar-refractivity contribution is 5.92. The monoisotopic (exact) mass is 430 g/mol. The number of carbonyl (C=O) groups is 1. The number of aryl methyl sites for hydroxylation is 1. The van der Waals surface area contributed by atoms with Gasteiger partial charge in [0.25, 0.3) is 0 Å². The van der Waals surface area contributed by atoms with Gasteiger partial charge in [-0.1, -0.05) is 44.5 Å². The Balaban J connectivity index is 1.56. The maximum Gasteiger partial charge on any atom is 0.217 e. The van der Waals surface area contributed by atoms with Crippen LogP contribution in [0.4, 0.5) is 0 Å². The van der Waals surface area contributed by atoms with Gasteiger partial charge in [0.1, 0.15) is 5.82 Å². The summed E-state index contributed by atoms with van der Waals surface area (Å²) in [7, 11) is 0. The lowest BCUT2D eigenvalue weighted by molar-refractivity contribution is 0.0969. The number of benzene rings is 1. The number of unbranched alkanes of at least 4 members (excludes halogenated alkanes) is 1. The minimum absolute atomic E-state index is 0.0162. The molecule has 0 atom stereocenters. The van der Waals surface area contributed by atoms with Gasteiger partial charge in [-0.3, -0.25) is 9.78 Å². The first-order valence-electron chi connectivity index (χ1n) is 10.9.